The zero-order valence-electron chi connectivity index (χ0n) is 12.6. The van der Waals surface area contributed by atoms with Gasteiger partial charge in [0, 0.05) is 25.9 Å². The molecule has 0 rings (SSSR count). The fraction of sp³-hybridized carbons (Fsp3) is 0.857. The van der Waals surface area contributed by atoms with Crippen molar-refractivity contribution in [2.45, 2.75) is 58.4 Å². The van der Waals surface area contributed by atoms with E-state index in [9.17, 15) is 9.59 Å². The smallest absolute Gasteiger partial charge is 0.219 e. The van der Waals surface area contributed by atoms with Gasteiger partial charge < -0.3 is 16.0 Å². The number of amides is 2. The normalized spacial score (nSPS) is 11.9. The van der Waals surface area contributed by atoms with E-state index < -0.39 is 0 Å². The van der Waals surface area contributed by atoms with Crippen LogP contribution in [-0.4, -0.2) is 38.0 Å². The first kappa shape index (κ1) is 17.9. The third-order valence-electron chi connectivity index (χ3n) is 2.92. The second kappa shape index (κ2) is 12.0. The Morgan fingerprint density at radius 2 is 1.79 bits per heavy atom. The molecule has 0 aromatic rings. The van der Waals surface area contributed by atoms with Crippen LogP contribution < -0.4 is 16.0 Å². The summed E-state index contributed by atoms with van der Waals surface area (Å²) in [4.78, 5) is 22.3. The van der Waals surface area contributed by atoms with Crippen LogP contribution in [0.3, 0.4) is 0 Å². The summed E-state index contributed by atoms with van der Waals surface area (Å²) in [7, 11) is 1.91. The molecule has 0 aliphatic rings. The maximum absolute atomic E-state index is 11.5. The lowest BCUT2D eigenvalue weighted by Crippen LogP contribution is -2.30. The molecule has 5 nitrogen and oxygen atoms in total. The maximum atomic E-state index is 11.5. The van der Waals surface area contributed by atoms with Crippen LogP contribution in [0, 0.1) is 0 Å². The van der Waals surface area contributed by atoms with Crippen LogP contribution in [0.5, 0.6) is 0 Å². The quantitative estimate of drug-likeness (QED) is 0.494. The summed E-state index contributed by atoms with van der Waals surface area (Å²) in [6.45, 7) is 5.23. The minimum Gasteiger partial charge on any atom is -0.356 e. The molecule has 0 aromatic carbocycles. The highest BCUT2D eigenvalue weighted by molar-refractivity contribution is 5.75. The van der Waals surface area contributed by atoms with E-state index in [4.69, 9.17) is 0 Å². The number of hydrogen-bond acceptors (Lipinski definition) is 3. The van der Waals surface area contributed by atoms with Gasteiger partial charge in [0.25, 0.3) is 0 Å². The van der Waals surface area contributed by atoms with E-state index >= 15 is 0 Å². The fourth-order valence-corrected chi connectivity index (χ4v) is 1.91. The second-order valence-corrected chi connectivity index (χ2v) is 5.01. The van der Waals surface area contributed by atoms with E-state index in [-0.39, 0.29) is 17.9 Å². The van der Waals surface area contributed by atoms with Gasteiger partial charge in [0.15, 0.2) is 0 Å². The van der Waals surface area contributed by atoms with E-state index in [0.717, 1.165) is 45.2 Å². The lowest BCUT2D eigenvalue weighted by atomic mass is 10.1. The lowest BCUT2D eigenvalue weighted by Gasteiger charge is -2.11. The van der Waals surface area contributed by atoms with Crippen LogP contribution in [0.1, 0.15) is 52.4 Å². The van der Waals surface area contributed by atoms with Crippen molar-refractivity contribution in [3.8, 4) is 0 Å². The lowest BCUT2D eigenvalue weighted by molar-refractivity contribution is -0.121. The molecule has 2 amide bonds. The first-order valence-corrected chi connectivity index (χ1v) is 7.24. The van der Waals surface area contributed by atoms with Crippen molar-refractivity contribution in [1.29, 1.82) is 0 Å². The number of rotatable bonds is 11. The molecule has 19 heavy (non-hydrogen) atoms. The molecule has 0 fully saturated rings. The van der Waals surface area contributed by atoms with Gasteiger partial charge in [-0.2, -0.15) is 0 Å². The Labute approximate surface area is 116 Å². The van der Waals surface area contributed by atoms with E-state index in [1.165, 1.54) is 6.92 Å². The zero-order valence-corrected chi connectivity index (χ0v) is 12.6. The topological polar surface area (TPSA) is 70.2 Å². The first-order chi connectivity index (χ1) is 9.06. The van der Waals surface area contributed by atoms with Crippen molar-refractivity contribution in [2.24, 2.45) is 0 Å². The third kappa shape index (κ3) is 13.1. The van der Waals surface area contributed by atoms with E-state index in [1.807, 2.05) is 14.0 Å². The molecule has 112 valence electrons. The Balaban J connectivity index is 3.33. The SMILES string of the molecule is CNCCCNC(=O)CCCCC[C@H](C)NC(C)=O. The van der Waals surface area contributed by atoms with Crippen LogP contribution in [0.25, 0.3) is 0 Å². The van der Waals surface area contributed by atoms with Gasteiger partial charge in [0.05, 0.1) is 0 Å². The molecule has 0 heterocycles. The van der Waals surface area contributed by atoms with Crippen molar-refractivity contribution in [3.63, 3.8) is 0 Å². The average Bonchev–Trinajstić information content (AvgIpc) is 2.33. The minimum atomic E-state index is 0.0217. The van der Waals surface area contributed by atoms with Crippen LogP contribution in [0.2, 0.25) is 0 Å². The Morgan fingerprint density at radius 3 is 2.42 bits per heavy atom. The molecular formula is C14H29N3O2. The number of nitrogens with one attached hydrogen (secondary N) is 3. The second-order valence-electron chi connectivity index (χ2n) is 5.01. The molecular weight excluding hydrogens is 242 g/mol. The van der Waals surface area contributed by atoms with Crippen molar-refractivity contribution < 1.29 is 9.59 Å². The Kier molecular flexibility index (Phi) is 11.3. The van der Waals surface area contributed by atoms with Gasteiger partial charge in [-0.1, -0.05) is 12.8 Å². The summed E-state index contributed by atoms with van der Waals surface area (Å²) in [6.07, 6.45) is 5.56. The summed E-state index contributed by atoms with van der Waals surface area (Å²) >= 11 is 0. The number of carbonyl (C=O) groups excluding carboxylic acids is 2. The van der Waals surface area contributed by atoms with E-state index in [2.05, 4.69) is 16.0 Å². The molecule has 0 unspecified atom stereocenters. The highest BCUT2D eigenvalue weighted by atomic mass is 16.2. The standard InChI is InChI=1S/C14H29N3O2/c1-12(17-13(2)18)8-5-4-6-9-14(19)16-11-7-10-15-3/h12,15H,4-11H2,1-3H3,(H,16,19)(H,17,18)/t12-/m0/s1. The highest BCUT2D eigenvalue weighted by Gasteiger charge is 2.04. The molecule has 3 N–H and O–H groups in total. The monoisotopic (exact) mass is 271 g/mol. The van der Waals surface area contributed by atoms with Crippen LogP contribution in [0.4, 0.5) is 0 Å². The molecule has 0 radical (unpaired) electrons. The van der Waals surface area contributed by atoms with Crippen LogP contribution in [0.15, 0.2) is 0 Å². The van der Waals surface area contributed by atoms with Crippen molar-refractivity contribution >= 4 is 11.8 Å². The minimum absolute atomic E-state index is 0.0217. The van der Waals surface area contributed by atoms with Gasteiger partial charge in [0.1, 0.15) is 0 Å². The van der Waals surface area contributed by atoms with E-state index in [1.54, 1.807) is 0 Å². The van der Waals surface area contributed by atoms with Gasteiger partial charge in [-0.25, -0.2) is 0 Å². The molecule has 0 aromatic heterocycles. The molecule has 0 aliphatic carbocycles. The number of hydrogen-bond donors (Lipinski definition) is 3. The van der Waals surface area contributed by atoms with E-state index in [0.29, 0.717) is 6.42 Å². The van der Waals surface area contributed by atoms with Gasteiger partial charge in [-0.05, 0) is 39.8 Å². The zero-order chi connectivity index (χ0) is 14.5. The van der Waals surface area contributed by atoms with Gasteiger partial charge in [0.2, 0.25) is 11.8 Å². The summed E-state index contributed by atoms with van der Waals surface area (Å²) in [6, 6.07) is 0.230. The molecule has 0 saturated heterocycles. The number of carbonyl (C=O) groups is 2. The predicted molar refractivity (Wildman–Crippen MR) is 77.9 cm³/mol. The summed E-state index contributed by atoms with van der Waals surface area (Å²) < 4.78 is 0. The first-order valence-electron chi connectivity index (χ1n) is 7.24. The predicted octanol–water partition coefficient (Wildman–Crippen LogP) is 1.19. The summed E-state index contributed by atoms with van der Waals surface area (Å²) in [5.74, 6) is 0.166. The Bertz CT molecular complexity index is 257. The average molecular weight is 271 g/mol. The summed E-state index contributed by atoms with van der Waals surface area (Å²) in [5.41, 5.74) is 0. The fourth-order valence-electron chi connectivity index (χ4n) is 1.91. The summed E-state index contributed by atoms with van der Waals surface area (Å²) in [5, 5.41) is 8.81. The molecule has 5 heteroatoms. The van der Waals surface area contributed by atoms with Crippen LogP contribution >= 0.6 is 0 Å². The van der Waals surface area contributed by atoms with Gasteiger partial charge in [-0.15, -0.1) is 0 Å². The molecule has 0 saturated carbocycles. The third-order valence-corrected chi connectivity index (χ3v) is 2.92. The van der Waals surface area contributed by atoms with Gasteiger partial charge >= 0.3 is 0 Å². The Morgan fingerprint density at radius 1 is 1.05 bits per heavy atom. The molecule has 0 spiro atoms. The van der Waals surface area contributed by atoms with Crippen molar-refractivity contribution in [1.82, 2.24) is 16.0 Å². The van der Waals surface area contributed by atoms with Crippen molar-refractivity contribution in [3.05, 3.63) is 0 Å². The molecule has 1 atom stereocenters. The van der Waals surface area contributed by atoms with Crippen LogP contribution in [-0.2, 0) is 9.59 Å². The Hall–Kier alpha value is -1.10. The highest BCUT2D eigenvalue weighted by Crippen LogP contribution is 2.05. The van der Waals surface area contributed by atoms with Crippen molar-refractivity contribution in [2.75, 3.05) is 20.1 Å². The largest absolute Gasteiger partial charge is 0.356 e. The molecule has 0 aliphatic heterocycles. The number of unbranched alkanes of at least 4 members (excludes halogenated alkanes) is 2. The molecule has 0 bridgehead atoms. The maximum Gasteiger partial charge on any atom is 0.219 e. The van der Waals surface area contributed by atoms with Gasteiger partial charge in [-0.3, -0.25) is 9.59 Å².